The number of methoxy groups -OCH3 is 1. The first-order chi connectivity index (χ1) is 19.4. The van der Waals surface area contributed by atoms with Crippen LogP contribution in [0.3, 0.4) is 0 Å². The largest absolute Gasteiger partial charge is 0.493 e. The molecule has 3 amide bonds. The van der Waals surface area contributed by atoms with Gasteiger partial charge in [0, 0.05) is 24.6 Å². The Morgan fingerprint density at radius 3 is 2.70 bits per heavy atom. The number of benzene rings is 2. The predicted octanol–water partition coefficient (Wildman–Crippen LogP) is 0.526. The van der Waals surface area contributed by atoms with Crippen LogP contribution in [0.5, 0.6) is 11.5 Å². The molecule has 0 unspecified atom stereocenters. The molecule has 40 heavy (non-hydrogen) atoms. The van der Waals surface area contributed by atoms with Gasteiger partial charge in [0.2, 0.25) is 11.8 Å². The van der Waals surface area contributed by atoms with Crippen molar-refractivity contribution in [2.24, 2.45) is 0 Å². The van der Waals surface area contributed by atoms with Crippen molar-refractivity contribution >= 4 is 17.7 Å². The summed E-state index contributed by atoms with van der Waals surface area (Å²) in [5, 5.41) is 17.1. The zero-order chi connectivity index (χ0) is 28.1. The maximum absolute atomic E-state index is 13.4. The lowest BCUT2D eigenvalue weighted by molar-refractivity contribution is -0.131. The number of hydrogen-bond donors (Lipinski definition) is 3. The maximum Gasteiger partial charge on any atom is 0.251 e. The first kappa shape index (κ1) is 27.1. The summed E-state index contributed by atoms with van der Waals surface area (Å²) < 4.78 is 12.9. The number of carbonyl (C=O) groups excluding carboxylic acids is 3. The summed E-state index contributed by atoms with van der Waals surface area (Å²) in [7, 11) is 3.35. The fourth-order valence-corrected chi connectivity index (χ4v) is 5.01. The standard InChI is InChI=1S/C28H33N7O5/c1-34-16-20-14-23(34)28(38)31-22(12-18-6-4-3-5-7-18)27(37)29-15-21-17-35(33-32-21)10-11-40-24-9-8-19(26(36)30-20)13-25(24)39-2/h3-9,13,17,20,22-23H,10-12,14-16H2,1-2H3,(H,29,37)(H,30,36)(H,31,38)/t20-,22+,23-/m0/s1. The minimum atomic E-state index is -0.791. The molecule has 1 fully saturated rings. The number of likely N-dealkylation sites (tertiary alicyclic amines) is 1. The zero-order valence-electron chi connectivity index (χ0n) is 22.5. The van der Waals surface area contributed by atoms with Gasteiger partial charge in [0.25, 0.3) is 5.91 Å². The van der Waals surface area contributed by atoms with Crippen LogP contribution in [0.15, 0.2) is 54.7 Å². The number of rotatable bonds is 3. The topological polar surface area (TPSA) is 140 Å². The number of nitrogens with one attached hydrogen (secondary N) is 3. The highest BCUT2D eigenvalue weighted by molar-refractivity contribution is 5.95. The Balaban J connectivity index is 1.39. The van der Waals surface area contributed by atoms with Crippen molar-refractivity contribution < 1.29 is 23.9 Å². The second-order valence-corrected chi connectivity index (χ2v) is 10.0. The lowest BCUT2D eigenvalue weighted by Crippen LogP contribution is -2.52. The van der Waals surface area contributed by atoms with E-state index in [9.17, 15) is 14.4 Å². The molecule has 0 saturated carbocycles. The van der Waals surface area contributed by atoms with Crippen LogP contribution in [-0.2, 0) is 29.1 Å². The van der Waals surface area contributed by atoms with Crippen molar-refractivity contribution in [3.05, 3.63) is 71.5 Å². The van der Waals surface area contributed by atoms with Crippen LogP contribution >= 0.6 is 0 Å². The van der Waals surface area contributed by atoms with Crippen LogP contribution in [0.4, 0.5) is 0 Å². The van der Waals surface area contributed by atoms with Gasteiger partial charge >= 0.3 is 0 Å². The lowest BCUT2D eigenvalue weighted by Gasteiger charge is -2.23. The Labute approximate surface area is 232 Å². The average Bonchev–Trinajstić information content (AvgIpc) is 3.57. The zero-order valence-corrected chi connectivity index (χ0v) is 22.5. The van der Waals surface area contributed by atoms with E-state index in [2.05, 4.69) is 26.3 Å². The molecule has 12 heteroatoms. The highest BCUT2D eigenvalue weighted by Gasteiger charge is 2.37. The van der Waals surface area contributed by atoms with Crippen LogP contribution in [-0.4, -0.2) is 83.0 Å². The third kappa shape index (κ3) is 6.40. The molecule has 1 aromatic heterocycles. The van der Waals surface area contributed by atoms with E-state index < -0.39 is 12.1 Å². The molecule has 3 aliphatic heterocycles. The van der Waals surface area contributed by atoms with E-state index >= 15 is 0 Å². The molecule has 210 valence electrons. The van der Waals surface area contributed by atoms with Crippen LogP contribution in [0.1, 0.15) is 28.0 Å². The van der Waals surface area contributed by atoms with Crippen molar-refractivity contribution in [2.45, 2.75) is 44.1 Å². The van der Waals surface area contributed by atoms with Gasteiger partial charge in [0.1, 0.15) is 18.3 Å². The first-order valence-corrected chi connectivity index (χ1v) is 13.2. The van der Waals surface area contributed by atoms with Gasteiger partial charge in [-0.05, 0) is 37.2 Å². The smallest absolute Gasteiger partial charge is 0.251 e. The van der Waals surface area contributed by atoms with Gasteiger partial charge in [0.15, 0.2) is 11.5 Å². The van der Waals surface area contributed by atoms with Gasteiger partial charge in [-0.25, -0.2) is 4.68 Å². The summed E-state index contributed by atoms with van der Waals surface area (Å²) in [5.41, 5.74) is 1.92. The van der Waals surface area contributed by atoms with Crippen LogP contribution in [0.2, 0.25) is 0 Å². The number of hydrogen-bond acceptors (Lipinski definition) is 8. The Morgan fingerprint density at radius 2 is 1.90 bits per heavy atom. The molecule has 3 aliphatic rings. The number of likely N-dealkylation sites (N-methyl/N-ethyl adjacent to an activating group) is 1. The number of nitrogens with zero attached hydrogens (tertiary/aromatic N) is 4. The fraction of sp³-hybridized carbons (Fsp3) is 0.393. The van der Waals surface area contributed by atoms with Gasteiger partial charge in [0.05, 0.1) is 32.4 Å². The maximum atomic E-state index is 13.4. The number of carbonyl (C=O) groups is 3. The van der Waals surface area contributed by atoms with Crippen molar-refractivity contribution in [1.82, 2.24) is 35.8 Å². The Hall–Kier alpha value is -4.45. The molecule has 12 nitrogen and oxygen atoms in total. The van der Waals surface area contributed by atoms with Gasteiger partial charge in [-0.3, -0.25) is 19.3 Å². The van der Waals surface area contributed by atoms with E-state index in [-0.39, 0.29) is 36.9 Å². The molecule has 0 radical (unpaired) electrons. The second kappa shape index (κ2) is 12.2. The number of amides is 3. The predicted molar refractivity (Wildman–Crippen MR) is 145 cm³/mol. The van der Waals surface area contributed by atoms with Crippen molar-refractivity contribution in [3.8, 4) is 11.5 Å². The first-order valence-electron chi connectivity index (χ1n) is 13.2. The minimum Gasteiger partial charge on any atom is -0.493 e. The molecule has 3 N–H and O–H groups in total. The SMILES string of the molecule is COc1cc2ccc1OCCn1cc(nn1)CNC(=O)[C@@H](Cc1ccccc1)NC(=O)[C@@H]1C[C@@H](CN1C)NC2=O. The average molecular weight is 548 g/mol. The van der Waals surface area contributed by atoms with E-state index in [1.807, 2.05) is 42.3 Å². The lowest BCUT2D eigenvalue weighted by atomic mass is 10.0. The highest BCUT2D eigenvalue weighted by atomic mass is 16.5. The fourth-order valence-electron chi connectivity index (χ4n) is 5.01. The Morgan fingerprint density at radius 1 is 1.07 bits per heavy atom. The van der Waals surface area contributed by atoms with E-state index in [0.717, 1.165) is 5.56 Å². The molecule has 6 rings (SSSR count). The van der Waals surface area contributed by atoms with Crippen LogP contribution in [0, 0.1) is 0 Å². The van der Waals surface area contributed by atoms with Crippen LogP contribution in [0.25, 0.3) is 0 Å². The Bertz CT molecular complexity index is 1360. The van der Waals surface area contributed by atoms with Gasteiger partial charge in [-0.1, -0.05) is 35.5 Å². The molecular formula is C28H33N7O5. The summed E-state index contributed by atoms with van der Waals surface area (Å²) in [6.07, 6.45) is 2.47. The van der Waals surface area contributed by atoms with E-state index in [1.54, 1.807) is 29.1 Å². The summed E-state index contributed by atoms with van der Waals surface area (Å²) >= 11 is 0. The van der Waals surface area contributed by atoms with E-state index in [0.29, 0.717) is 48.7 Å². The van der Waals surface area contributed by atoms with Crippen molar-refractivity contribution in [1.29, 1.82) is 0 Å². The summed E-state index contributed by atoms with van der Waals surface area (Å²) in [6, 6.07) is 13.0. The van der Waals surface area contributed by atoms with Crippen LogP contribution < -0.4 is 25.4 Å². The Kier molecular flexibility index (Phi) is 8.25. The molecule has 2 aromatic carbocycles. The summed E-state index contributed by atoms with van der Waals surface area (Å²) in [6.45, 7) is 1.36. The van der Waals surface area contributed by atoms with Crippen molar-refractivity contribution in [2.75, 3.05) is 27.3 Å². The number of ether oxygens (including phenoxy) is 2. The van der Waals surface area contributed by atoms with Gasteiger partial charge in [-0.2, -0.15) is 0 Å². The van der Waals surface area contributed by atoms with Gasteiger partial charge in [-0.15, -0.1) is 5.10 Å². The minimum absolute atomic E-state index is 0.160. The molecule has 6 bridgehead atoms. The van der Waals surface area contributed by atoms with E-state index in [4.69, 9.17) is 9.47 Å². The van der Waals surface area contributed by atoms with E-state index in [1.165, 1.54) is 7.11 Å². The normalized spacial score (nSPS) is 22.4. The third-order valence-electron chi connectivity index (χ3n) is 7.14. The highest BCUT2D eigenvalue weighted by Crippen LogP contribution is 2.28. The number of fused-ring (bicyclic) bond motifs is 10. The van der Waals surface area contributed by atoms with Crippen molar-refractivity contribution in [3.63, 3.8) is 0 Å². The quantitative estimate of drug-likeness (QED) is 0.432. The molecular weight excluding hydrogens is 514 g/mol. The third-order valence-corrected chi connectivity index (χ3v) is 7.14. The monoisotopic (exact) mass is 547 g/mol. The molecule has 4 heterocycles. The molecule has 0 spiro atoms. The van der Waals surface area contributed by atoms with Gasteiger partial charge < -0.3 is 25.4 Å². The molecule has 0 aliphatic carbocycles. The molecule has 1 saturated heterocycles. The summed E-state index contributed by atoms with van der Waals surface area (Å²) in [4.78, 5) is 41.6. The summed E-state index contributed by atoms with van der Waals surface area (Å²) in [5.74, 6) is 0.0761. The second-order valence-electron chi connectivity index (χ2n) is 10.0. The number of aromatic nitrogens is 3. The molecule has 3 aromatic rings. The molecule has 3 atom stereocenters.